The number of nitrogens with one attached hydrogen (secondary N) is 2. The van der Waals surface area contributed by atoms with Gasteiger partial charge in [-0.2, -0.15) is 0 Å². The molecular formula is C13H17N3O3S. The molecule has 0 heterocycles. The Morgan fingerprint density at radius 2 is 2.15 bits per heavy atom. The molecule has 2 N–H and O–H groups in total. The van der Waals surface area contributed by atoms with E-state index in [1.165, 1.54) is 32.1 Å². The second-order valence-corrected chi connectivity index (χ2v) is 5.13. The van der Waals surface area contributed by atoms with Crippen molar-refractivity contribution in [3.63, 3.8) is 0 Å². The summed E-state index contributed by atoms with van der Waals surface area (Å²) in [5.41, 5.74) is 0.607. The van der Waals surface area contributed by atoms with Crippen LogP contribution in [-0.4, -0.2) is 23.2 Å². The van der Waals surface area contributed by atoms with Crippen molar-refractivity contribution < 1.29 is 9.66 Å². The van der Waals surface area contributed by atoms with E-state index in [1.807, 2.05) is 0 Å². The summed E-state index contributed by atoms with van der Waals surface area (Å²) in [6.07, 6.45) is 4.70. The molecule has 1 aromatic carbocycles. The molecule has 108 valence electrons. The number of hydrogen-bond donors (Lipinski definition) is 2. The second-order valence-electron chi connectivity index (χ2n) is 4.72. The molecule has 0 aromatic heterocycles. The summed E-state index contributed by atoms with van der Waals surface area (Å²) >= 11 is 5.25. The molecule has 0 bridgehead atoms. The monoisotopic (exact) mass is 295 g/mol. The van der Waals surface area contributed by atoms with E-state index in [0.717, 1.165) is 12.8 Å². The van der Waals surface area contributed by atoms with Gasteiger partial charge in [0.1, 0.15) is 5.75 Å². The molecule has 6 nitrogen and oxygen atoms in total. The van der Waals surface area contributed by atoms with Crippen LogP contribution in [-0.2, 0) is 0 Å². The van der Waals surface area contributed by atoms with Crippen LogP contribution in [0.4, 0.5) is 11.4 Å². The normalized spacial score (nSPS) is 14.8. The highest BCUT2D eigenvalue weighted by atomic mass is 32.1. The van der Waals surface area contributed by atoms with Gasteiger partial charge < -0.3 is 15.4 Å². The fourth-order valence-electron chi connectivity index (χ4n) is 2.31. The van der Waals surface area contributed by atoms with Gasteiger partial charge in [-0.3, -0.25) is 10.1 Å². The Bertz CT molecular complexity index is 516. The second kappa shape index (κ2) is 6.51. The van der Waals surface area contributed by atoms with Crippen LogP contribution in [0.3, 0.4) is 0 Å². The van der Waals surface area contributed by atoms with E-state index in [1.54, 1.807) is 6.07 Å². The van der Waals surface area contributed by atoms with Gasteiger partial charge in [0.15, 0.2) is 5.11 Å². The van der Waals surface area contributed by atoms with E-state index in [0.29, 0.717) is 22.6 Å². The lowest BCUT2D eigenvalue weighted by Gasteiger charge is -2.17. The van der Waals surface area contributed by atoms with Gasteiger partial charge in [0.25, 0.3) is 5.69 Å². The van der Waals surface area contributed by atoms with Gasteiger partial charge in [-0.05, 0) is 31.1 Å². The topological polar surface area (TPSA) is 76.4 Å². The summed E-state index contributed by atoms with van der Waals surface area (Å²) in [7, 11) is 1.47. The maximum absolute atomic E-state index is 10.7. The van der Waals surface area contributed by atoms with Crippen LogP contribution < -0.4 is 15.4 Å². The molecule has 1 aromatic rings. The zero-order valence-corrected chi connectivity index (χ0v) is 12.0. The minimum absolute atomic E-state index is 0.0120. The lowest BCUT2D eigenvalue weighted by molar-refractivity contribution is -0.384. The highest BCUT2D eigenvalue weighted by Gasteiger charge is 2.17. The number of thiocarbonyl (C=S) groups is 1. The molecule has 1 aliphatic carbocycles. The number of rotatable bonds is 4. The number of nitrogens with zero attached hydrogens (tertiary/aromatic N) is 1. The molecule has 0 radical (unpaired) electrons. The van der Waals surface area contributed by atoms with Crippen molar-refractivity contribution in [2.24, 2.45) is 0 Å². The summed E-state index contributed by atoms with van der Waals surface area (Å²) in [6.45, 7) is 0. The molecule has 2 rings (SSSR count). The molecule has 1 fully saturated rings. The average molecular weight is 295 g/mol. The van der Waals surface area contributed by atoms with Crippen molar-refractivity contribution in [3.8, 4) is 5.75 Å². The average Bonchev–Trinajstić information content (AvgIpc) is 2.91. The van der Waals surface area contributed by atoms with Crippen molar-refractivity contribution >= 4 is 28.7 Å². The maximum Gasteiger partial charge on any atom is 0.273 e. The lowest BCUT2D eigenvalue weighted by Crippen LogP contribution is -2.36. The first-order valence-corrected chi connectivity index (χ1v) is 6.91. The Morgan fingerprint density at radius 3 is 2.75 bits per heavy atom. The first kappa shape index (κ1) is 14.5. The van der Waals surface area contributed by atoms with Crippen LogP contribution in [0.15, 0.2) is 18.2 Å². The lowest BCUT2D eigenvalue weighted by atomic mass is 10.2. The van der Waals surface area contributed by atoms with Crippen LogP contribution in [0.5, 0.6) is 5.75 Å². The van der Waals surface area contributed by atoms with Gasteiger partial charge in [-0.25, -0.2) is 0 Å². The quantitative estimate of drug-likeness (QED) is 0.505. The number of methoxy groups -OCH3 is 1. The Balaban J connectivity index is 2.04. The van der Waals surface area contributed by atoms with E-state index in [9.17, 15) is 10.1 Å². The molecule has 1 saturated carbocycles. The number of nitro benzene ring substituents is 1. The number of anilines is 1. The molecule has 0 saturated heterocycles. The number of nitro groups is 1. The van der Waals surface area contributed by atoms with E-state index >= 15 is 0 Å². The molecule has 7 heteroatoms. The molecular weight excluding hydrogens is 278 g/mol. The van der Waals surface area contributed by atoms with Crippen molar-refractivity contribution in [2.45, 2.75) is 31.7 Å². The van der Waals surface area contributed by atoms with Gasteiger partial charge in [0.2, 0.25) is 0 Å². The van der Waals surface area contributed by atoms with E-state index in [-0.39, 0.29) is 5.69 Å². The van der Waals surface area contributed by atoms with Crippen LogP contribution in [0.2, 0.25) is 0 Å². The molecule has 0 amide bonds. The van der Waals surface area contributed by atoms with Crippen molar-refractivity contribution in [1.29, 1.82) is 0 Å². The fraction of sp³-hybridized carbons (Fsp3) is 0.462. The molecule has 0 spiro atoms. The Hall–Kier alpha value is -1.89. The van der Waals surface area contributed by atoms with Crippen LogP contribution in [0.25, 0.3) is 0 Å². The zero-order chi connectivity index (χ0) is 14.5. The van der Waals surface area contributed by atoms with Gasteiger partial charge >= 0.3 is 0 Å². The molecule has 0 atom stereocenters. The SMILES string of the molecule is COc1cc([N+](=O)[O-])ccc1NC(=S)NC1CCCC1. The summed E-state index contributed by atoms with van der Waals surface area (Å²) in [4.78, 5) is 10.3. The predicted octanol–water partition coefficient (Wildman–Crippen LogP) is 2.83. The third kappa shape index (κ3) is 3.57. The van der Waals surface area contributed by atoms with Crippen molar-refractivity contribution in [2.75, 3.05) is 12.4 Å². The molecule has 1 aliphatic rings. The van der Waals surface area contributed by atoms with Gasteiger partial charge in [0, 0.05) is 12.1 Å². The van der Waals surface area contributed by atoms with Crippen LogP contribution >= 0.6 is 12.2 Å². The standard InChI is InChI=1S/C13H17N3O3S/c1-19-12-8-10(16(17)18)6-7-11(12)15-13(20)14-9-4-2-3-5-9/h6-9H,2-5H2,1H3,(H2,14,15,20). The van der Waals surface area contributed by atoms with Crippen molar-refractivity contribution in [3.05, 3.63) is 28.3 Å². The number of benzene rings is 1. The Labute approximate surface area is 122 Å². The fourth-order valence-corrected chi connectivity index (χ4v) is 2.59. The summed E-state index contributed by atoms with van der Waals surface area (Å²) in [5.74, 6) is 0.398. The van der Waals surface area contributed by atoms with Gasteiger partial charge in [0.05, 0.1) is 23.8 Å². The highest BCUT2D eigenvalue weighted by Crippen LogP contribution is 2.29. The van der Waals surface area contributed by atoms with Crippen molar-refractivity contribution in [1.82, 2.24) is 5.32 Å². The predicted molar refractivity (Wildman–Crippen MR) is 81.3 cm³/mol. The van der Waals surface area contributed by atoms with E-state index in [2.05, 4.69) is 10.6 Å². The third-order valence-corrected chi connectivity index (χ3v) is 3.55. The number of ether oxygens (including phenoxy) is 1. The summed E-state index contributed by atoms with van der Waals surface area (Å²) in [5, 5.41) is 17.5. The number of hydrogen-bond acceptors (Lipinski definition) is 4. The smallest absolute Gasteiger partial charge is 0.273 e. The molecule has 20 heavy (non-hydrogen) atoms. The van der Waals surface area contributed by atoms with E-state index < -0.39 is 4.92 Å². The van der Waals surface area contributed by atoms with Gasteiger partial charge in [-0.15, -0.1) is 0 Å². The highest BCUT2D eigenvalue weighted by molar-refractivity contribution is 7.80. The number of non-ortho nitro benzene ring substituents is 1. The Morgan fingerprint density at radius 1 is 1.45 bits per heavy atom. The maximum atomic E-state index is 10.7. The van der Waals surface area contributed by atoms with E-state index in [4.69, 9.17) is 17.0 Å². The minimum atomic E-state index is -0.457. The first-order valence-electron chi connectivity index (χ1n) is 6.50. The zero-order valence-electron chi connectivity index (χ0n) is 11.2. The summed E-state index contributed by atoms with van der Waals surface area (Å²) < 4.78 is 5.15. The largest absolute Gasteiger partial charge is 0.494 e. The van der Waals surface area contributed by atoms with Crippen LogP contribution in [0.1, 0.15) is 25.7 Å². The minimum Gasteiger partial charge on any atom is -0.494 e. The molecule has 0 unspecified atom stereocenters. The Kier molecular flexibility index (Phi) is 4.73. The van der Waals surface area contributed by atoms with Crippen LogP contribution in [0, 0.1) is 10.1 Å². The third-order valence-electron chi connectivity index (χ3n) is 3.33. The summed E-state index contributed by atoms with van der Waals surface area (Å²) in [6, 6.07) is 4.81. The molecule has 0 aliphatic heterocycles. The van der Waals surface area contributed by atoms with Gasteiger partial charge in [-0.1, -0.05) is 12.8 Å². The first-order chi connectivity index (χ1) is 9.60.